The van der Waals surface area contributed by atoms with E-state index in [0.717, 1.165) is 0 Å². The maximum absolute atomic E-state index is 11.8. The first-order valence-electron chi connectivity index (χ1n) is 5.65. The second-order valence-electron chi connectivity index (χ2n) is 4.10. The molecule has 0 unspecified atom stereocenters. The Hall–Kier alpha value is -0.610. The molecule has 15 heavy (non-hydrogen) atoms. The topological polar surface area (TPSA) is 49.8 Å². The largest absolute Gasteiger partial charge is 0.395 e. The number of amides is 1. The molecule has 0 saturated heterocycles. The zero-order valence-corrected chi connectivity index (χ0v) is 9.45. The fourth-order valence-corrected chi connectivity index (χ4v) is 1.76. The average molecular weight is 215 g/mol. The molecule has 4 heteroatoms. The standard InChI is InChI=1S/C11H21NO3/c1-15-8-6-12(5-7-13)11(14)9-10-3-2-4-10/h10,13H,2-9H2,1H3. The number of aliphatic hydroxyl groups excluding tert-OH is 1. The van der Waals surface area contributed by atoms with E-state index in [2.05, 4.69) is 0 Å². The minimum absolute atomic E-state index is 0.0279. The zero-order valence-electron chi connectivity index (χ0n) is 9.45. The first kappa shape index (κ1) is 12.5. The van der Waals surface area contributed by atoms with Crippen LogP contribution in [0.1, 0.15) is 25.7 Å². The minimum atomic E-state index is 0.0279. The van der Waals surface area contributed by atoms with E-state index >= 15 is 0 Å². The molecule has 4 nitrogen and oxygen atoms in total. The van der Waals surface area contributed by atoms with Crippen LogP contribution in [0.15, 0.2) is 0 Å². The normalized spacial score (nSPS) is 16.1. The number of hydrogen-bond donors (Lipinski definition) is 1. The van der Waals surface area contributed by atoms with E-state index in [1.54, 1.807) is 12.0 Å². The summed E-state index contributed by atoms with van der Waals surface area (Å²) in [5.41, 5.74) is 0. The molecule has 1 amide bonds. The first-order chi connectivity index (χ1) is 7.27. The molecule has 1 N–H and O–H groups in total. The van der Waals surface area contributed by atoms with Crippen molar-refractivity contribution < 1.29 is 14.6 Å². The van der Waals surface area contributed by atoms with Gasteiger partial charge in [0.25, 0.3) is 0 Å². The molecule has 1 aliphatic rings. The van der Waals surface area contributed by atoms with E-state index < -0.39 is 0 Å². The van der Waals surface area contributed by atoms with Gasteiger partial charge in [-0.25, -0.2) is 0 Å². The highest BCUT2D eigenvalue weighted by Crippen LogP contribution is 2.29. The summed E-state index contributed by atoms with van der Waals surface area (Å²) in [5, 5.41) is 8.86. The van der Waals surface area contributed by atoms with Gasteiger partial charge in [-0.15, -0.1) is 0 Å². The zero-order chi connectivity index (χ0) is 11.1. The number of carbonyl (C=O) groups excluding carboxylic acids is 1. The molecule has 0 radical (unpaired) electrons. The van der Waals surface area contributed by atoms with Crippen molar-refractivity contribution in [3.05, 3.63) is 0 Å². The van der Waals surface area contributed by atoms with Crippen molar-refractivity contribution in [3.8, 4) is 0 Å². The Labute approximate surface area is 91.2 Å². The van der Waals surface area contributed by atoms with Crippen LogP contribution in [0.3, 0.4) is 0 Å². The number of aliphatic hydroxyl groups is 1. The maximum Gasteiger partial charge on any atom is 0.223 e. The molecule has 0 atom stereocenters. The van der Waals surface area contributed by atoms with Crippen LogP contribution in [-0.4, -0.2) is 49.3 Å². The number of ether oxygens (including phenoxy) is 1. The average Bonchev–Trinajstić information content (AvgIpc) is 2.18. The Morgan fingerprint density at radius 2 is 2.20 bits per heavy atom. The van der Waals surface area contributed by atoms with Crippen LogP contribution in [0.2, 0.25) is 0 Å². The fourth-order valence-electron chi connectivity index (χ4n) is 1.76. The summed E-state index contributed by atoms with van der Waals surface area (Å²) in [6.07, 6.45) is 4.27. The lowest BCUT2D eigenvalue weighted by Gasteiger charge is -2.28. The molecule has 0 bridgehead atoms. The quantitative estimate of drug-likeness (QED) is 0.678. The number of hydrogen-bond acceptors (Lipinski definition) is 3. The molecular weight excluding hydrogens is 194 g/mol. The molecule has 1 fully saturated rings. The van der Waals surface area contributed by atoms with Crippen LogP contribution in [-0.2, 0) is 9.53 Å². The number of methoxy groups -OCH3 is 1. The van der Waals surface area contributed by atoms with Gasteiger partial charge in [0.05, 0.1) is 13.2 Å². The first-order valence-corrected chi connectivity index (χ1v) is 5.65. The summed E-state index contributed by atoms with van der Waals surface area (Å²) in [5.74, 6) is 0.743. The van der Waals surface area contributed by atoms with Gasteiger partial charge in [0.2, 0.25) is 5.91 Å². The van der Waals surface area contributed by atoms with Gasteiger partial charge >= 0.3 is 0 Å². The molecule has 88 valence electrons. The number of nitrogens with zero attached hydrogens (tertiary/aromatic N) is 1. The van der Waals surface area contributed by atoms with Gasteiger partial charge in [0.1, 0.15) is 0 Å². The molecule has 0 spiro atoms. The molecule has 0 aromatic heterocycles. The summed E-state index contributed by atoms with van der Waals surface area (Å²) in [4.78, 5) is 13.5. The van der Waals surface area contributed by atoms with Crippen molar-refractivity contribution in [2.75, 3.05) is 33.4 Å². The van der Waals surface area contributed by atoms with Gasteiger partial charge in [-0.05, 0) is 18.8 Å². The molecule has 0 aromatic carbocycles. The van der Waals surface area contributed by atoms with E-state index in [4.69, 9.17) is 9.84 Å². The van der Waals surface area contributed by atoms with Gasteiger partial charge in [0, 0.05) is 26.6 Å². The highest BCUT2D eigenvalue weighted by atomic mass is 16.5. The lowest BCUT2D eigenvalue weighted by Crippen LogP contribution is -2.37. The minimum Gasteiger partial charge on any atom is -0.395 e. The predicted molar refractivity (Wildman–Crippen MR) is 57.5 cm³/mol. The van der Waals surface area contributed by atoms with Gasteiger partial charge < -0.3 is 14.7 Å². The third kappa shape index (κ3) is 4.18. The highest BCUT2D eigenvalue weighted by Gasteiger charge is 2.23. The van der Waals surface area contributed by atoms with E-state index in [0.29, 0.717) is 32.0 Å². The summed E-state index contributed by atoms with van der Waals surface area (Å²) >= 11 is 0. The van der Waals surface area contributed by atoms with Crippen LogP contribution in [0.25, 0.3) is 0 Å². The second-order valence-corrected chi connectivity index (χ2v) is 4.10. The summed E-state index contributed by atoms with van der Waals surface area (Å²) in [6.45, 7) is 1.58. The van der Waals surface area contributed by atoms with E-state index in [1.807, 2.05) is 0 Å². The molecule has 1 rings (SSSR count). The SMILES string of the molecule is COCCN(CCO)C(=O)CC1CCC1. The Bertz CT molecular complexity index is 192. The van der Waals surface area contributed by atoms with E-state index in [-0.39, 0.29) is 12.5 Å². The van der Waals surface area contributed by atoms with Crippen LogP contribution < -0.4 is 0 Å². The van der Waals surface area contributed by atoms with E-state index in [9.17, 15) is 4.79 Å². The maximum atomic E-state index is 11.8. The highest BCUT2D eigenvalue weighted by molar-refractivity contribution is 5.76. The summed E-state index contributed by atoms with van der Waals surface area (Å²) in [6, 6.07) is 0. The number of rotatable bonds is 7. The lowest BCUT2D eigenvalue weighted by molar-refractivity contribution is -0.134. The van der Waals surface area contributed by atoms with Crippen molar-refractivity contribution in [2.45, 2.75) is 25.7 Å². The Kier molecular flexibility index (Phi) is 5.65. The Morgan fingerprint density at radius 1 is 1.47 bits per heavy atom. The van der Waals surface area contributed by atoms with Gasteiger partial charge in [-0.2, -0.15) is 0 Å². The van der Waals surface area contributed by atoms with Gasteiger partial charge in [-0.1, -0.05) is 6.42 Å². The van der Waals surface area contributed by atoms with Gasteiger partial charge in [0.15, 0.2) is 0 Å². The van der Waals surface area contributed by atoms with Gasteiger partial charge in [-0.3, -0.25) is 4.79 Å². The van der Waals surface area contributed by atoms with E-state index in [1.165, 1.54) is 19.3 Å². The Morgan fingerprint density at radius 3 is 2.67 bits per heavy atom. The van der Waals surface area contributed by atoms with Crippen LogP contribution >= 0.6 is 0 Å². The smallest absolute Gasteiger partial charge is 0.223 e. The summed E-state index contributed by atoms with van der Waals surface area (Å²) < 4.78 is 4.94. The van der Waals surface area contributed by atoms with Crippen molar-refractivity contribution in [3.63, 3.8) is 0 Å². The molecule has 1 saturated carbocycles. The van der Waals surface area contributed by atoms with Crippen molar-refractivity contribution in [2.24, 2.45) is 5.92 Å². The molecule has 0 aliphatic heterocycles. The summed E-state index contributed by atoms with van der Waals surface area (Å²) in [7, 11) is 1.62. The molecular formula is C11H21NO3. The van der Waals surface area contributed by atoms with Crippen LogP contribution in [0.5, 0.6) is 0 Å². The van der Waals surface area contributed by atoms with Crippen molar-refractivity contribution >= 4 is 5.91 Å². The third-order valence-electron chi connectivity index (χ3n) is 2.98. The number of carbonyl (C=O) groups is 1. The third-order valence-corrected chi connectivity index (χ3v) is 2.98. The second kappa shape index (κ2) is 6.80. The monoisotopic (exact) mass is 215 g/mol. The predicted octanol–water partition coefficient (Wildman–Crippen LogP) is 0.644. The molecule has 0 aromatic rings. The van der Waals surface area contributed by atoms with Crippen LogP contribution in [0, 0.1) is 5.92 Å². The van der Waals surface area contributed by atoms with Crippen molar-refractivity contribution in [1.82, 2.24) is 4.90 Å². The Balaban J connectivity index is 2.28. The lowest BCUT2D eigenvalue weighted by atomic mass is 9.82. The molecule has 0 heterocycles. The fraction of sp³-hybridized carbons (Fsp3) is 0.909. The van der Waals surface area contributed by atoms with Crippen molar-refractivity contribution in [1.29, 1.82) is 0 Å². The van der Waals surface area contributed by atoms with Crippen LogP contribution in [0.4, 0.5) is 0 Å². The molecule has 1 aliphatic carbocycles.